The second kappa shape index (κ2) is 13.0. The van der Waals surface area contributed by atoms with Crippen LogP contribution < -0.4 is 0 Å². The Labute approximate surface area is 322 Å². The van der Waals surface area contributed by atoms with E-state index in [0.717, 1.165) is 88.4 Å². The first-order chi connectivity index (χ1) is 27.7. The molecule has 0 bridgehead atoms. The van der Waals surface area contributed by atoms with Gasteiger partial charge in [-0.1, -0.05) is 140 Å². The van der Waals surface area contributed by atoms with Gasteiger partial charge in [-0.15, -0.1) is 0 Å². The quantitative estimate of drug-likeness (QED) is 0.171. The monoisotopic (exact) mass is 717 g/mol. The van der Waals surface area contributed by atoms with Gasteiger partial charge in [0.1, 0.15) is 22.3 Å². The second-order valence-electron chi connectivity index (χ2n) is 14.0. The van der Waals surface area contributed by atoms with Crippen LogP contribution in [-0.4, -0.2) is 15.0 Å². The Bertz CT molecular complexity index is 3250. The number of aromatic nitrogens is 3. The summed E-state index contributed by atoms with van der Waals surface area (Å²) in [6.45, 7) is 0. The number of fused-ring (bicyclic) bond motifs is 6. The average Bonchev–Trinajstić information content (AvgIpc) is 3.85. The predicted octanol–water partition coefficient (Wildman–Crippen LogP) is 13.7. The molecule has 0 unspecified atom stereocenters. The smallest absolute Gasteiger partial charge is 0.164 e. The number of rotatable bonds is 6. The molecule has 262 valence electrons. The summed E-state index contributed by atoms with van der Waals surface area (Å²) in [5.74, 6) is 1.70. The highest BCUT2D eigenvalue weighted by molar-refractivity contribution is 6.12. The molecule has 0 aliphatic carbocycles. The highest BCUT2D eigenvalue weighted by atomic mass is 16.3. The Morgan fingerprint density at radius 3 is 1.41 bits per heavy atom. The minimum atomic E-state index is 0.554. The summed E-state index contributed by atoms with van der Waals surface area (Å²) in [5.41, 5.74) is 12.6. The van der Waals surface area contributed by atoms with E-state index in [1.54, 1.807) is 0 Å². The SMILES string of the molecule is c1ccc(-c2cccc(-c3cccc(-c4nc(-c5ccc6c(c5)oc5cc(-c7ccccc7)ccc56)nc(-c5cccc6oc7ccccc7c56)n4)c3)c2)cc1. The molecular weight excluding hydrogens is 687 g/mol. The lowest BCUT2D eigenvalue weighted by Crippen LogP contribution is -2.00. The molecule has 0 radical (unpaired) electrons. The van der Waals surface area contributed by atoms with Crippen molar-refractivity contribution in [2.24, 2.45) is 0 Å². The van der Waals surface area contributed by atoms with Crippen LogP contribution in [0.5, 0.6) is 0 Å². The molecule has 0 spiro atoms. The molecule has 8 aromatic carbocycles. The van der Waals surface area contributed by atoms with Crippen LogP contribution in [0.25, 0.3) is 111 Å². The van der Waals surface area contributed by atoms with E-state index in [9.17, 15) is 0 Å². The third-order valence-corrected chi connectivity index (χ3v) is 10.5. The van der Waals surface area contributed by atoms with Gasteiger partial charge in [-0.05, 0) is 81.9 Å². The number of furan rings is 2. The molecule has 11 rings (SSSR count). The van der Waals surface area contributed by atoms with Crippen LogP contribution >= 0.6 is 0 Å². The Hall–Kier alpha value is -7.63. The third-order valence-electron chi connectivity index (χ3n) is 10.5. The van der Waals surface area contributed by atoms with Crippen LogP contribution in [-0.2, 0) is 0 Å². The van der Waals surface area contributed by atoms with Gasteiger partial charge in [-0.3, -0.25) is 0 Å². The number of hydrogen-bond donors (Lipinski definition) is 0. The fourth-order valence-electron chi connectivity index (χ4n) is 7.79. The van der Waals surface area contributed by atoms with Crippen LogP contribution in [0.15, 0.2) is 197 Å². The largest absolute Gasteiger partial charge is 0.456 e. The fourth-order valence-corrected chi connectivity index (χ4v) is 7.79. The minimum Gasteiger partial charge on any atom is -0.456 e. The van der Waals surface area contributed by atoms with Gasteiger partial charge in [-0.2, -0.15) is 0 Å². The maximum Gasteiger partial charge on any atom is 0.164 e. The zero-order valence-corrected chi connectivity index (χ0v) is 30.1. The summed E-state index contributed by atoms with van der Waals surface area (Å²) in [6.07, 6.45) is 0. The number of nitrogens with zero attached hydrogens (tertiary/aromatic N) is 3. The van der Waals surface area contributed by atoms with Crippen molar-refractivity contribution in [3.8, 4) is 67.5 Å². The molecule has 0 saturated carbocycles. The summed E-state index contributed by atoms with van der Waals surface area (Å²) >= 11 is 0. The molecule has 3 aromatic heterocycles. The molecular formula is C51H31N3O2. The van der Waals surface area contributed by atoms with Crippen LogP contribution in [0.2, 0.25) is 0 Å². The summed E-state index contributed by atoms with van der Waals surface area (Å²) in [5, 5.41) is 4.09. The zero-order chi connectivity index (χ0) is 37.0. The highest BCUT2D eigenvalue weighted by Gasteiger charge is 2.19. The van der Waals surface area contributed by atoms with E-state index < -0.39 is 0 Å². The Morgan fingerprint density at radius 1 is 0.268 bits per heavy atom. The molecule has 0 fully saturated rings. The summed E-state index contributed by atoms with van der Waals surface area (Å²) in [6, 6.07) is 64.6. The number of hydrogen-bond acceptors (Lipinski definition) is 5. The molecule has 0 aliphatic heterocycles. The van der Waals surface area contributed by atoms with Crippen LogP contribution in [0, 0.1) is 0 Å². The van der Waals surface area contributed by atoms with Gasteiger partial charge in [0.2, 0.25) is 0 Å². The van der Waals surface area contributed by atoms with Gasteiger partial charge < -0.3 is 8.83 Å². The molecule has 0 amide bonds. The third kappa shape index (κ3) is 5.53. The van der Waals surface area contributed by atoms with E-state index in [1.165, 1.54) is 5.56 Å². The topological polar surface area (TPSA) is 65.0 Å². The van der Waals surface area contributed by atoms with Crippen molar-refractivity contribution < 1.29 is 8.83 Å². The second-order valence-corrected chi connectivity index (χ2v) is 14.0. The maximum absolute atomic E-state index is 6.52. The lowest BCUT2D eigenvalue weighted by atomic mass is 9.98. The van der Waals surface area contributed by atoms with Gasteiger partial charge in [0.15, 0.2) is 17.5 Å². The Morgan fingerprint density at radius 2 is 0.714 bits per heavy atom. The Balaban J connectivity index is 1.07. The molecule has 56 heavy (non-hydrogen) atoms. The van der Waals surface area contributed by atoms with Crippen molar-refractivity contribution >= 4 is 43.9 Å². The van der Waals surface area contributed by atoms with Crippen LogP contribution in [0.4, 0.5) is 0 Å². The van der Waals surface area contributed by atoms with E-state index >= 15 is 0 Å². The molecule has 3 heterocycles. The standard InChI is InChI=1S/C51H31N3O2/c1-3-12-32(13-4-1)34-16-9-17-35(28-34)36-18-10-19-38(29-36)49-52-50(54-51(53-49)43-21-11-23-45-48(43)42-20-7-8-22-44(42)55-45)39-25-27-41-40-26-24-37(33-14-5-2-6-15-33)30-46(40)56-47(41)31-39/h1-31H. The molecule has 0 aliphatic rings. The van der Waals surface area contributed by atoms with E-state index in [4.69, 9.17) is 23.8 Å². The maximum atomic E-state index is 6.52. The summed E-state index contributed by atoms with van der Waals surface area (Å²) in [7, 11) is 0. The fraction of sp³-hybridized carbons (Fsp3) is 0. The molecule has 11 aromatic rings. The lowest BCUT2D eigenvalue weighted by molar-refractivity contribution is 0.668. The Kier molecular flexibility index (Phi) is 7.42. The molecule has 0 atom stereocenters. The van der Waals surface area contributed by atoms with E-state index in [1.807, 2.05) is 48.5 Å². The van der Waals surface area contributed by atoms with Crippen molar-refractivity contribution in [3.63, 3.8) is 0 Å². The normalized spacial score (nSPS) is 11.6. The first-order valence-corrected chi connectivity index (χ1v) is 18.7. The number of benzene rings is 8. The molecule has 5 heteroatoms. The predicted molar refractivity (Wildman–Crippen MR) is 227 cm³/mol. The summed E-state index contributed by atoms with van der Waals surface area (Å²) in [4.78, 5) is 15.5. The number of para-hydroxylation sites is 1. The van der Waals surface area contributed by atoms with E-state index in [0.29, 0.717) is 17.5 Å². The van der Waals surface area contributed by atoms with Crippen molar-refractivity contribution in [2.75, 3.05) is 0 Å². The molecule has 0 saturated heterocycles. The minimum absolute atomic E-state index is 0.554. The average molecular weight is 718 g/mol. The summed E-state index contributed by atoms with van der Waals surface area (Å²) < 4.78 is 12.8. The first-order valence-electron chi connectivity index (χ1n) is 18.7. The van der Waals surface area contributed by atoms with Crippen molar-refractivity contribution in [3.05, 3.63) is 188 Å². The lowest BCUT2D eigenvalue weighted by Gasteiger charge is -2.11. The van der Waals surface area contributed by atoms with Gasteiger partial charge in [-0.25, -0.2) is 15.0 Å². The van der Waals surface area contributed by atoms with Crippen molar-refractivity contribution in [1.82, 2.24) is 15.0 Å². The molecule has 0 N–H and O–H groups in total. The van der Waals surface area contributed by atoms with Crippen LogP contribution in [0.1, 0.15) is 0 Å². The van der Waals surface area contributed by atoms with Gasteiger partial charge in [0.25, 0.3) is 0 Å². The zero-order valence-electron chi connectivity index (χ0n) is 30.1. The van der Waals surface area contributed by atoms with Crippen molar-refractivity contribution in [1.29, 1.82) is 0 Å². The molecule has 5 nitrogen and oxygen atoms in total. The van der Waals surface area contributed by atoms with E-state index in [-0.39, 0.29) is 0 Å². The first kappa shape index (κ1) is 31.9. The van der Waals surface area contributed by atoms with E-state index in [2.05, 4.69) is 140 Å². The van der Waals surface area contributed by atoms with Gasteiger partial charge in [0, 0.05) is 38.2 Å². The van der Waals surface area contributed by atoms with Gasteiger partial charge in [0.05, 0.1) is 0 Å². The van der Waals surface area contributed by atoms with Gasteiger partial charge >= 0.3 is 0 Å². The van der Waals surface area contributed by atoms with Crippen molar-refractivity contribution in [2.45, 2.75) is 0 Å². The van der Waals surface area contributed by atoms with Crippen LogP contribution in [0.3, 0.4) is 0 Å². The highest BCUT2D eigenvalue weighted by Crippen LogP contribution is 2.38.